The van der Waals surface area contributed by atoms with E-state index in [0.717, 1.165) is 16.5 Å². The molecule has 9 heteroatoms. The van der Waals surface area contributed by atoms with E-state index in [0.29, 0.717) is 46.4 Å². The molecule has 5 aromatic rings. The van der Waals surface area contributed by atoms with E-state index in [9.17, 15) is 4.79 Å². The predicted molar refractivity (Wildman–Crippen MR) is 128 cm³/mol. The molecule has 0 spiro atoms. The summed E-state index contributed by atoms with van der Waals surface area (Å²) in [6, 6.07) is 19.0. The Bertz CT molecular complexity index is 1410. The van der Waals surface area contributed by atoms with Gasteiger partial charge >= 0.3 is 0 Å². The summed E-state index contributed by atoms with van der Waals surface area (Å²) >= 11 is 6.36. The zero-order valence-corrected chi connectivity index (χ0v) is 17.7. The van der Waals surface area contributed by atoms with Crippen LogP contribution < -0.4 is 16.1 Å². The van der Waals surface area contributed by atoms with Crippen LogP contribution in [0.1, 0.15) is 10.5 Å². The quantitative estimate of drug-likeness (QED) is 0.280. The molecule has 0 saturated heterocycles. The van der Waals surface area contributed by atoms with Crippen molar-refractivity contribution in [2.24, 2.45) is 0 Å². The molecule has 1 amide bonds. The maximum absolute atomic E-state index is 12.5. The lowest BCUT2D eigenvalue weighted by Gasteiger charge is -2.12. The van der Waals surface area contributed by atoms with E-state index in [2.05, 4.69) is 25.7 Å². The third kappa shape index (κ3) is 3.80. The van der Waals surface area contributed by atoms with E-state index in [1.54, 1.807) is 10.7 Å². The first-order valence-electron chi connectivity index (χ1n) is 10.1. The molecule has 0 aliphatic rings. The van der Waals surface area contributed by atoms with Crippen molar-refractivity contribution in [3.8, 4) is 11.3 Å². The lowest BCUT2D eigenvalue weighted by molar-refractivity contribution is 0.0951. The van der Waals surface area contributed by atoms with Gasteiger partial charge in [-0.05, 0) is 23.7 Å². The van der Waals surface area contributed by atoms with Crippen molar-refractivity contribution in [1.29, 1.82) is 0 Å². The van der Waals surface area contributed by atoms with Gasteiger partial charge in [-0.1, -0.05) is 48.0 Å². The first-order valence-corrected chi connectivity index (χ1v) is 10.5. The minimum atomic E-state index is -0.164. The number of para-hydroxylation sites is 1. The molecule has 32 heavy (non-hydrogen) atoms. The van der Waals surface area contributed by atoms with Crippen molar-refractivity contribution < 1.29 is 4.79 Å². The van der Waals surface area contributed by atoms with Crippen LogP contribution in [0.5, 0.6) is 0 Å². The molecular formula is C23H18BClN6O. The number of nitrogens with one attached hydrogen (secondary N) is 3. The maximum atomic E-state index is 12.5. The fourth-order valence-corrected chi connectivity index (χ4v) is 3.80. The summed E-state index contributed by atoms with van der Waals surface area (Å²) in [5, 5.41) is 12.1. The van der Waals surface area contributed by atoms with E-state index in [4.69, 9.17) is 19.4 Å². The van der Waals surface area contributed by atoms with Crippen LogP contribution in [-0.4, -0.2) is 46.4 Å². The van der Waals surface area contributed by atoms with Gasteiger partial charge < -0.3 is 15.6 Å². The molecule has 5 rings (SSSR count). The molecule has 2 radical (unpaired) electrons. The van der Waals surface area contributed by atoms with Gasteiger partial charge in [-0.15, -0.1) is 0 Å². The Morgan fingerprint density at radius 2 is 1.91 bits per heavy atom. The predicted octanol–water partition coefficient (Wildman–Crippen LogP) is 3.17. The van der Waals surface area contributed by atoms with Gasteiger partial charge in [-0.3, -0.25) is 4.79 Å². The topological polar surface area (TPSA) is 87.1 Å². The second kappa shape index (κ2) is 8.40. The van der Waals surface area contributed by atoms with E-state index >= 15 is 0 Å². The third-order valence-electron chi connectivity index (χ3n) is 5.14. The van der Waals surface area contributed by atoms with Crippen LogP contribution in [-0.2, 0) is 0 Å². The zero-order valence-electron chi connectivity index (χ0n) is 17.0. The SMILES string of the molecule is [B]c1cnn2c(NCCNC(=O)c3cc4ccccc4[nH]3)cc(-c3ccccc3Cl)nc12. The van der Waals surface area contributed by atoms with Crippen molar-refractivity contribution >= 4 is 53.2 Å². The van der Waals surface area contributed by atoms with Gasteiger partial charge in [0.1, 0.15) is 19.4 Å². The van der Waals surface area contributed by atoms with Gasteiger partial charge in [-0.25, -0.2) is 4.98 Å². The number of hydrogen-bond acceptors (Lipinski definition) is 4. The molecule has 7 nitrogen and oxygen atoms in total. The summed E-state index contributed by atoms with van der Waals surface area (Å²) < 4.78 is 1.63. The fraction of sp³-hybridized carbons (Fsp3) is 0.0870. The number of anilines is 1. The van der Waals surface area contributed by atoms with Gasteiger partial charge in [0.05, 0.1) is 5.69 Å². The maximum Gasteiger partial charge on any atom is 0.267 e. The van der Waals surface area contributed by atoms with Crippen LogP contribution in [0.3, 0.4) is 0 Å². The van der Waals surface area contributed by atoms with Crippen molar-refractivity contribution in [1.82, 2.24) is 24.9 Å². The average molecular weight is 441 g/mol. The van der Waals surface area contributed by atoms with E-state index in [1.165, 1.54) is 0 Å². The molecule has 3 N–H and O–H groups in total. The normalized spacial score (nSPS) is 11.2. The van der Waals surface area contributed by atoms with Gasteiger partial charge in [0.25, 0.3) is 5.91 Å². The number of aromatic amines is 1. The number of benzene rings is 2. The van der Waals surface area contributed by atoms with Crippen molar-refractivity contribution in [3.05, 3.63) is 77.6 Å². The summed E-state index contributed by atoms with van der Waals surface area (Å²) in [6.45, 7) is 0.892. The van der Waals surface area contributed by atoms with Crippen molar-refractivity contribution in [3.63, 3.8) is 0 Å². The van der Waals surface area contributed by atoms with Crippen LogP contribution in [0.15, 0.2) is 66.9 Å². The Morgan fingerprint density at radius 1 is 1.09 bits per heavy atom. The molecule has 0 saturated carbocycles. The Morgan fingerprint density at radius 3 is 2.75 bits per heavy atom. The monoisotopic (exact) mass is 440 g/mol. The number of amides is 1. The molecule has 0 bridgehead atoms. The fourth-order valence-electron chi connectivity index (χ4n) is 3.57. The highest BCUT2D eigenvalue weighted by molar-refractivity contribution is 6.36. The van der Waals surface area contributed by atoms with Crippen LogP contribution in [0, 0.1) is 0 Å². The number of rotatable bonds is 6. The highest BCUT2D eigenvalue weighted by atomic mass is 35.5. The minimum absolute atomic E-state index is 0.164. The first-order chi connectivity index (χ1) is 15.6. The summed E-state index contributed by atoms with van der Waals surface area (Å²) in [7, 11) is 6.05. The molecular weight excluding hydrogens is 423 g/mol. The Kier molecular flexibility index (Phi) is 5.29. The Balaban J connectivity index is 1.31. The van der Waals surface area contributed by atoms with Gasteiger partial charge in [0.2, 0.25) is 0 Å². The molecule has 0 atom stereocenters. The molecule has 3 heterocycles. The smallest absolute Gasteiger partial charge is 0.267 e. The van der Waals surface area contributed by atoms with Crippen molar-refractivity contribution in [2.45, 2.75) is 0 Å². The highest BCUT2D eigenvalue weighted by Gasteiger charge is 2.13. The largest absolute Gasteiger partial charge is 0.368 e. The average Bonchev–Trinajstić information content (AvgIpc) is 3.41. The van der Waals surface area contributed by atoms with Crippen LogP contribution in [0.4, 0.5) is 5.82 Å². The molecule has 0 fully saturated rings. The standard InChI is InChI=1S/C23H18BClN6O/c24-16-13-28-31-21(12-19(30-22(16)31)15-6-2-3-7-17(15)25)26-9-10-27-23(32)20-11-14-5-1-4-8-18(14)29-20/h1-8,11-13,26,29H,9-10H2,(H,27,32). The molecule has 0 aliphatic heterocycles. The first kappa shape index (κ1) is 20.1. The molecule has 0 unspecified atom stereocenters. The third-order valence-corrected chi connectivity index (χ3v) is 5.47. The number of fused-ring (bicyclic) bond motifs is 2. The second-order valence-electron chi connectivity index (χ2n) is 7.29. The van der Waals surface area contributed by atoms with Crippen LogP contribution >= 0.6 is 11.6 Å². The number of H-pyrrole nitrogens is 1. The van der Waals surface area contributed by atoms with E-state index < -0.39 is 0 Å². The Labute approximate surface area is 190 Å². The van der Waals surface area contributed by atoms with E-state index in [-0.39, 0.29) is 5.91 Å². The second-order valence-corrected chi connectivity index (χ2v) is 7.70. The van der Waals surface area contributed by atoms with E-state index in [1.807, 2.05) is 60.7 Å². The summed E-state index contributed by atoms with van der Waals surface area (Å²) in [5.74, 6) is 0.532. The molecule has 156 valence electrons. The highest BCUT2D eigenvalue weighted by Crippen LogP contribution is 2.28. The summed E-state index contributed by atoms with van der Waals surface area (Å²) in [6.07, 6.45) is 1.56. The molecule has 3 aromatic heterocycles. The van der Waals surface area contributed by atoms with Gasteiger partial charge in [-0.2, -0.15) is 9.61 Å². The number of hydrogen-bond donors (Lipinski definition) is 3. The lowest BCUT2D eigenvalue weighted by atomic mass is 10.0. The molecule has 2 aromatic carbocycles. The number of halogens is 1. The number of carbonyl (C=O) groups is 1. The summed E-state index contributed by atoms with van der Waals surface area (Å²) in [5.41, 5.74) is 3.94. The van der Waals surface area contributed by atoms with Crippen molar-refractivity contribution in [2.75, 3.05) is 18.4 Å². The number of carbonyl (C=O) groups excluding carboxylic acids is 1. The van der Waals surface area contributed by atoms with Gasteiger partial charge in [0, 0.05) is 46.8 Å². The number of aromatic nitrogens is 4. The molecule has 0 aliphatic carbocycles. The van der Waals surface area contributed by atoms with Gasteiger partial charge in [0.15, 0.2) is 5.65 Å². The summed E-state index contributed by atoms with van der Waals surface area (Å²) in [4.78, 5) is 20.2. The number of nitrogens with zero attached hydrogens (tertiary/aromatic N) is 3. The van der Waals surface area contributed by atoms with Crippen LogP contribution in [0.2, 0.25) is 5.02 Å². The zero-order chi connectivity index (χ0) is 22.1. The lowest BCUT2D eigenvalue weighted by Crippen LogP contribution is -2.29. The minimum Gasteiger partial charge on any atom is -0.368 e. The Hall–Kier alpha value is -3.78. The van der Waals surface area contributed by atoms with Crippen LogP contribution in [0.25, 0.3) is 27.8 Å².